The van der Waals surface area contributed by atoms with E-state index in [1.165, 1.54) is 44.8 Å². The molecular weight excluding hydrogens is 367 g/mol. The summed E-state index contributed by atoms with van der Waals surface area (Å²) >= 11 is 0. The van der Waals surface area contributed by atoms with Crippen molar-refractivity contribution < 1.29 is 29.0 Å². The quantitative estimate of drug-likeness (QED) is 0.748. The van der Waals surface area contributed by atoms with E-state index < -0.39 is 17.8 Å². The van der Waals surface area contributed by atoms with Crippen LogP contribution in [0.1, 0.15) is 48.9 Å². The summed E-state index contributed by atoms with van der Waals surface area (Å²) in [4.78, 5) is 35.1. The fraction of sp³-hybridized carbons (Fsp3) is 0.550. The van der Waals surface area contributed by atoms with Crippen molar-refractivity contribution in [3.05, 3.63) is 35.6 Å². The predicted molar refractivity (Wildman–Crippen MR) is 101 cm³/mol. The number of piperidine rings is 1. The number of carboxylic acids is 2. The van der Waals surface area contributed by atoms with Gasteiger partial charge in [0.1, 0.15) is 5.82 Å². The van der Waals surface area contributed by atoms with Crippen molar-refractivity contribution in [3.8, 4) is 0 Å². The van der Waals surface area contributed by atoms with Crippen LogP contribution >= 0.6 is 0 Å². The number of aliphatic carboxylic acids is 2. The zero-order valence-electron chi connectivity index (χ0n) is 15.8. The Balaban J connectivity index is 0.000000409. The number of benzene rings is 1. The molecule has 2 fully saturated rings. The summed E-state index contributed by atoms with van der Waals surface area (Å²) in [5.41, 5.74) is 0.204. The number of halogens is 1. The van der Waals surface area contributed by atoms with E-state index >= 15 is 0 Å². The van der Waals surface area contributed by atoms with Gasteiger partial charge in [-0.15, -0.1) is 0 Å². The summed E-state index contributed by atoms with van der Waals surface area (Å²) in [6.45, 7) is 3.89. The van der Waals surface area contributed by atoms with Gasteiger partial charge < -0.3 is 20.0 Å². The van der Waals surface area contributed by atoms with Crippen molar-refractivity contribution in [2.24, 2.45) is 0 Å². The second-order valence-corrected chi connectivity index (χ2v) is 7.06. The van der Waals surface area contributed by atoms with Gasteiger partial charge in [-0.1, -0.05) is 25.0 Å². The highest BCUT2D eigenvalue weighted by atomic mass is 19.1. The molecule has 2 N–H and O–H groups in total. The number of likely N-dealkylation sites (tertiary alicyclic amines) is 2. The van der Waals surface area contributed by atoms with Gasteiger partial charge in [0.25, 0.3) is 5.91 Å². The Hall–Kier alpha value is -2.48. The molecule has 2 heterocycles. The Kier molecular flexibility index (Phi) is 8.38. The Morgan fingerprint density at radius 2 is 1.39 bits per heavy atom. The number of nitrogens with zero attached hydrogens (tertiary/aromatic N) is 2. The number of amides is 1. The lowest BCUT2D eigenvalue weighted by Crippen LogP contribution is -2.47. The average molecular weight is 394 g/mol. The minimum atomic E-state index is -1.82. The van der Waals surface area contributed by atoms with Crippen LogP contribution in [-0.2, 0) is 9.59 Å². The van der Waals surface area contributed by atoms with Gasteiger partial charge in [-0.3, -0.25) is 4.79 Å². The zero-order valence-corrected chi connectivity index (χ0v) is 15.8. The smallest absolute Gasteiger partial charge is 0.414 e. The molecule has 8 heteroatoms. The SMILES string of the molecule is O=C(O)C(=O)O.O=C(c1ccccc1F)N1CCC(N2CCCCCC2)CC1. The monoisotopic (exact) mass is 394 g/mol. The summed E-state index contributed by atoms with van der Waals surface area (Å²) in [6.07, 6.45) is 7.32. The third-order valence-electron chi connectivity index (χ3n) is 5.20. The van der Waals surface area contributed by atoms with Gasteiger partial charge in [0.05, 0.1) is 5.56 Å². The first kappa shape index (κ1) is 21.8. The second-order valence-electron chi connectivity index (χ2n) is 7.06. The standard InChI is InChI=1S/C18H25FN2O.C2H2O4/c19-17-8-4-3-7-16(17)18(22)21-13-9-15(10-14-21)20-11-5-1-2-6-12-20;3-1(4)2(5)6/h3-4,7-8,15H,1-2,5-6,9-14H2;(H,3,4)(H,5,6). The van der Waals surface area contributed by atoms with Crippen molar-refractivity contribution in [1.82, 2.24) is 9.80 Å². The maximum absolute atomic E-state index is 13.8. The number of hydrogen-bond acceptors (Lipinski definition) is 4. The molecule has 2 aliphatic heterocycles. The molecule has 0 atom stereocenters. The maximum Gasteiger partial charge on any atom is 0.414 e. The van der Waals surface area contributed by atoms with E-state index in [4.69, 9.17) is 19.8 Å². The van der Waals surface area contributed by atoms with Crippen LogP contribution in [0.2, 0.25) is 0 Å². The Morgan fingerprint density at radius 1 is 0.857 bits per heavy atom. The van der Waals surface area contributed by atoms with Gasteiger partial charge in [-0.05, 0) is 50.9 Å². The third kappa shape index (κ3) is 6.30. The van der Waals surface area contributed by atoms with Crippen LogP contribution in [0.4, 0.5) is 4.39 Å². The molecule has 1 amide bonds. The van der Waals surface area contributed by atoms with E-state index in [1.54, 1.807) is 18.2 Å². The normalized spacial score (nSPS) is 18.5. The van der Waals surface area contributed by atoms with Crippen LogP contribution in [0.3, 0.4) is 0 Å². The molecule has 0 radical (unpaired) electrons. The topological polar surface area (TPSA) is 98.1 Å². The summed E-state index contributed by atoms with van der Waals surface area (Å²) in [5.74, 6) is -4.22. The van der Waals surface area contributed by atoms with E-state index in [9.17, 15) is 9.18 Å². The van der Waals surface area contributed by atoms with Gasteiger partial charge in [0.2, 0.25) is 0 Å². The van der Waals surface area contributed by atoms with Crippen LogP contribution in [0.15, 0.2) is 24.3 Å². The van der Waals surface area contributed by atoms with Gasteiger partial charge in [0.15, 0.2) is 0 Å². The third-order valence-corrected chi connectivity index (χ3v) is 5.20. The van der Waals surface area contributed by atoms with Gasteiger partial charge in [-0.2, -0.15) is 0 Å². The molecular formula is C20H27FN2O5. The first-order valence-electron chi connectivity index (χ1n) is 9.64. The molecule has 3 rings (SSSR count). The minimum Gasteiger partial charge on any atom is -0.473 e. The summed E-state index contributed by atoms with van der Waals surface area (Å²) in [7, 11) is 0. The molecule has 28 heavy (non-hydrogen) atoms. The number of carbonyl (C=O) groups is 3. The first-order chi connectivity index (χ1) is 13.4. The van der Waals surface area contributed by atoms with Crippen molar-refractivity contribution in [1.29, 1.82) is 0 Å². The van der Waals surface area contributed by atoms with E-state index in [-0.39, 0.29) is 11.5 Å². The largest absolute Gasteiger partial charge is 0.473 e. The van der Waals surface area contributed by atoms with E-state index in [0.29, 0.717) is 6.04 Å². The summed E-state index contributed by atoms with van der Waals surface area (Å²) in [5, 5.41) is 14.8. The molecule has 7 nitrogen and oxygen atoms in total. The molecule has 0 bridgehead atoms. The van der Waals surface area contributed by atoms with Crippen LogP contribution < -0.4 is 0 Å². The molecule has 0 unspecified atom stereocenters. The van der Waals surface area contributed by atoms with Crippen LogP contribution in [0.5, 0.6) is 0 Å². The van der Waals surface area contributed by atoms with Crippen LogP contribution in [0.25, 0.3) is 0 Å². The molecule has 0 spiro atoms. The Bertz CT molecular complexity index is 669. The van der Waals surface area contributed by atoms with Crippen molar-refractivity contribution >= 4 is 17.8 Å². The molecule has 2 saturated heterocycles. The fourth-order valence-electron chi connectivity index (χ4n) is 3.70. The van der Waals surface area contributed by atoms with Gasteiger partial charge >= 0.3 is 11.9 Å². The lowest BCUT2D eigenvalue weighted by Gasteiger charge is -2.38. The maximum atomic E-state index is 13.8. The Labute approximate surface area is 163 Å². The number of carbonyl (C=O) groups excluding carboxylic acids is 1. The van der Waals surface area contributed by atoms with E-state index in [0.717, 1.165) is 25.9 Å². The van der Waals surface area contributed by atoms with Crippen molar-refractivity contribution in [2.75, 3.05) is 26.2 Å². The van der Waals surface area contributed by atoms with Crippen LogP contribution in [0, 0.1) is 5.82 Å². The fourth-order valence-corrected chi connectivity index (χ4v) is 3.70. The molecule has 0 saturated carbocycles. The molecule has 154 valence electrons. The lowest BCUT2D eigenvalue weighted by molar-refractivity contribution is -0.159. The molecule has 0 aliphatic carbocycles. The Morgan fingerprint density at radius 3 is 1.89 bits per heavy atom. The second kappa shape index (κ2) is 10.8. The van der Waals surface area contributed by atoms with E-state index in [2.05, 4.69) is 4.90 Å². The zero-order chi connectivity index (χ0) is 20.5. The minimum absolute atomic E-state index is 0.160. The van der Waals surface area contributed by atoms with Crippen molar-refractivity contribution in [2.45, 2.75) is 44.6 Å². The predicted octanol–water partition coefficient (Wildman–Crippen LogP) is 2.46. The van der Waals surface area contributed by atoms with E-state index in [1.807, 2.05) is 4.90 Å². The summed E-state index contributed by atoms with van der Waals surface area (Å²) < 4.78 is 13.8. The highest BCUT2D eigenvalue weighted by Crippen LogP contribution is 2.22. The van der Waals surface area contributed by atoms with Gasteiger partial charge in [0, 0.05) is 19.1 Å². The molecule has 2 aliphatic rings. The van der Waals surface area contributed by atoms with Crippen LogP contribution in [-0.4, -0.2) is 70.1 Å². The first-order valence-corrected chi connectivity index (χ1v) is 9.64. The molecule has 1 aromatic rings. The highest BCUT2D eigenvalue weighted by Gasteiger charge is 2.28. The van der Waals surface area contributed by atoms with Gasteiger partial charge in [-0.25, -0.2) is 14.0 Å². The number of hydrogen-bond donors (Lipinski definition) is 2. The average Bonchev–Trinajstić information content (AvgIpc) is 2.98. The number of carboxylic acid groups (broad SMARTS) is 2. The molecule has 0 aromatic heterocycles. The molecule has 1 aromatic carbocycles. The number of rotatable bonds is 2. The highest BCUT2D eigenvalue weighted by molar-refractivity contribution is 6.27. The summed E-state index contributed by atoms with van der Waals surface area (Å²) in [6, 6.07) is 6.89. The lowest BCUT2D eigenvalue weighted by atomic mass is 10.0. The van der Waals surface area contributed by atoms with Crippen molar-refractivity contribution in [3.63, 3.8) is 0 Å².